The molecule has 6 nitrogen and oxygen atoms in total. The topological polar surface area (TPSA) is 66.0 Å². The first kappa shape index (κ1) is 22.2. The molecule has 9 heteroatoms. The molecule has 29 heavy (non-hydrogen) atoms. The van der Waals surface area contributed by atoms with Crippen molar-refractivity contribution in [3.8, 4) is 23.0 Å². The van der Waals surface area contributed by atoms with Gasteiger partial charge in [0.1, 0.15) is 5.75 Å². The lowest BCUT2D eigenvalue weighted by molar-refractivity contribution is -0.139. The summed E-state index contributed by atoms with van der Waals surface area (Å²) in [7, 11) is 4.41. The molecule has 0 aromatic heterocycles. The summed E-state index contributed by atoms with van der Waals surface area (Å²) in [6.45, 7) is 1.14. The third-order valence-electron chi connectivity index (χ3n) is 4.12. The number of para-hydroxylation sites is 1. The van der Waals surface area contributed by atoms with Gasteiger partial charge in [-0.2, -0.15) is 13.2 Å². The molecule has 1 atom stereocenters. The third-order valence-corrected chi connectivity index (χ3v) is 4.12. The number of benzene rings is 2. The van der Waals surface area contributed by atoms with Crippen LogP contribution in [0.3, 0.4) is 0 Å². The van der Waals surface area contributed by atoms with Crippen molar-refractivity contribution in [2.45, 2.75) is 19.1 Å². The minimum atomic E-state index is -4.57. The monoisotopic (exact) mass is 413 g/mol. The van der Waals surface area contributed by atoms with Crippen LogP contribution >= 0.6 is 0 Å². The number of hydrogen-bond acceptors (Lipinski definition) is 5. The van der Waals surface area contributed by atoms with Gasteiger partial charge < -0.3 is 24.3 Å². The van der Waals surface area contributed by atoms with E-state index in [0.29, 0.717) is 22.8 Å². The molecule has 0 fully saturated rings. The van der Waals surface area contributed by atoms with Crippen molar-refractivity contribution in [2.24, 2.45) is 0 Å². The largest absolute Gasteiger partial charge is 0.493 e. The van der Waals surface area contributed by atoms with Crippen molar-refractivity contribution < 1.29 is 36.9 Å². The number of carbonyl (C=O) groups is 1. The van der Waals surface area contributed by atoms with Gasteiger partial charge in [0.25, 0.3) is 5.91 Å². The SMILES string of the molecule is COc1cc(C(C)NC(=O)COc2ccccc2C(F)(F)F)cc(OC)c1OC. The van der Waals surface area contributed by atoms with Crippen LogP contribution in [0.5, 0.6) is 23.0 Å². The summed E-state index contributed by atoms with van der Waals surface area (Å²) < 4.78 is 59.9. The van der Waals surface area contributed by atoms with Crippen LogP contribution in [-0.2, 0) is 11.0 Å². The smallest absolute Gasteiger partial charge is 0.419 e. The number of alkyl halides is 3. The van der Waals surface area contributed by atoms with Gasteiger partial charge in [0.05, 0.1) is 32.9 Å². The normalized spacial score (nSPS) is 12.1. The minimum absolute atomic E-state index is 0.407. The zero-order valence-electron chi connectivity index (χ0n) is 16.4. The van der Waals surface area contributed by atoms with E-state index < -0.39 is 36.0 Å². The first-order valence-corrected chi connectivity index (χ1v) is 8.59. The van der Waals surface area contributed by atoms with E-state index in [4.69, 9.17) is 18.9 Å². The molecule has 2 aromatic rings. The number of amides is 1. The van der Waals surface area contributed by atoms with Crippen molar-refractivity contribution in [1.82, 2.24) is 5.32 Å². The summed E-state index contributed by atoms with van der Waals surface area (Å²) >= 11 is 0. The van der Waals surface area contributed by atoms with Gasteiger partial charge in [-0.15, -0.1) is 0 Å². The molecule has 0 heterocycles. The van der Waals surface area contributed by atoms with Crippen LogP contribution in [0, 0.1) is 0 Å². The fourth-order valence-corrected chi connectivity index (χ4v) is 2.69. The Hall–Kier alpha value is -3.10. The lowest BCUT2D eigenvalue weighted by atomic mass is 10.1. The lowest BCUT2D eigenvalue weighted by Gasteiger charge is -2.19. The Morgan fingerprint density at radius 2 is 1.59 bits per heavy atom. The second-order valence-electron chi connectivity index (χ2n) is 6.03. The summed E-state index contributed by atoms with van der Waals surface area (Å²) in [5.74, 6) is 0.250. The molecule has 1 amide bonds. The third kappa shape index (κ3) is 5.46. The Bertz CT molecular complexity index is 829. The van der Waals surface area contributed by atoms with E-state index in [1.54, 1.807) is 19.1 Å². The van der Waals surface area contributed by atoms with E-state index in [-0.39, 0.29) is 0 Å². The second-order valence-corrected chi connectivity index (χ2v) is 6.03. The predicted molar refractivity (Wildman–Crippen MR) is 99.6 cm³/mol. The average Bonchev–Trinajstić information content (AvgIpc) is 2.70. The number of methoxy groups -OCH3 is 3. The maximum absolute atomic E-state index is 13.0. The highest BCUT2D eigenvalue weighted by Crippen LogP contribution is 2.39. The molecular formula is C20H22F3NO5. The molecule has 0 aliphatic rings. The van der Waals surface area contributed by atoms with Gasteiger partial charge in [-0.25, -0.2) is 0 Å². The molecule has 158 valence electrons. The van der Waals surface area contributed by atoms with Gasteiger partial charge in [-0.1, -0.05) is 12.1 Å². The highest BCUT2D eigenvalue weighted by atomic mass is 19.4. The summed E-state index contributed by atoms with van der Waals surface area (Å²) in [6.07, 6.45) is -4.57. The van der Waals surface area contributed by atoms with E-state index >= 15 is 0 Å². The van der Waals surface area contributed by atoms with Crippen molar-refractivity contribution in [1.29, 1.82) is 0 Å². The van der Waals surface area contributed by atoms with Gasteiger partial charge >= 0.3 is 6.18 Å². The molecule has 2 rings (SSSR count). The van der Waals surface area contributed by atoms with E-state index in [2.05, 4.69) is 5.32 Å². The lowest BCUT2D eigenvalue weighted by Crippen LogP contribution is -2.31. The van der Waals surface area contributed by atoms with Crippen molar-refractivity contribution in [3.05, 3.63) is 47.5 Å². The molecule has 2 aromatic carbocycles. The fourth-order valence-electron chi connectivity index (χ4n) is 2.69. The van der Waals surface area contributed by atoms with Crippen LogP contribution in [-0.4, -0.2) is 33.8 Å². The Balaban J connectivity index is 2.09. The van der Waals surface area contributed by atoms with E-state index in [1.165, 1.54) is 39.5 Å². The summed E-state index contributed by atoms with van der Waals surface area (Å²) in [5, 5.41) is 2.67. The Morgan fingerprint density at radius 1 is 1.00 bits per heavy atom. The maximum atomic E-state index is 13.0. The standard InChI is InChI=1S/C20H22F3NO5/c1-12(13-9-16(26-2)19(28-4)17(10-13)27-3)24-18(25)11-29-15-8-6-5-7-14(15)20(21,22)23/h5-10,12H,11H2,1-4H3,(H,24,25). The van der Waals surface area contributed by atoms with Crippen LogP contribution in [0.2, 0.25) is 0 Å². The number of carbonyl (C=O) groups excluding carboxylic acids is 1. The zero-order chi connectivity index (χ0) is 21.6. The molecule has 0 spiro atoms. The first-order chi connectivity index (χ1) is 13.7. The molecular weight excluding hydrogens is 391 g/mol. The summed E-state index contributed by atoms with van der Waals surface area (Å²) in [6, 6.07) is 7.57. The number of rotatable bonds is 8. The van der Waals surface area contributed by atoms with Gasteiger partial charge in [-0.05, 0) is 36.8 Å². The Morgan fingerprint density at radius 3 is 2.10 bits per heavy atom. The summed E-state index contributed by atoms with van der Waals surface area (Å²) in [4.78, 5) is 12.2. The summed E-state index contributed by atoms with van der Waals surface area (Å²) in [5.41, 5.74) is -0.283. The van der Waals surface area contributed by atoms with Crippen LogP contribution in [0.15, 0.2) is 36.4 Å². The molecule has 0 aliphatic carbocycles. The quantitative estimate of drug-likeness (QED) is 0.709. The molecule has 0 bridgehead atoms. The van der Waals surface area contributed by atoms with Crippen LogP contribution in [0.1, 0.15) is 24.1 Å². The van der Waals surface area contributed by atoms with Gasteiger partial charge in [0.2, 0.25) is 5.75 Å². The predicted octanol–water partition coefficient (Wildman–Crippen LogP) is 3.99. The molecule has 0 radical (unpaired) electrons. The number of ether oxygens (including phenoxy) is 4. The van der Waals surface area contributed by atoms with Crippen LogP contribution in [0.4, 0.5) is 13.2 Å². The maximum Gasteiger partial charge on any atom is 0.419 e. The van der Waals surface area contributed by atoms with E-state index in [9.17, 15) is 18.0 Å². The number of halogens is 3. The Kier molecular flexibility index (Phi) is 7.19. The second kappa shape index (κ2) is 9.40. The minimum Gasteiger partial charge on any atom is -0.493 e. The van der Waals surface area contributed by atoms with E-state index in [0.717, 1.165) is 6.07 Å². The van der Waals surface area contributed by atoms with Crippen molar-refractivity contribution >= 4 is 5.91 Å². The molecule has 1 unspecified atom stereocenters. The molecule has 1 N–H and O–H groups in total. The first-order valence-electron chi connectivity index (χ1n) is 8.59. The van der Waals surface area contributed by atoms with Gasteiger partial charge in [0, 0.05) is 0 Å². The molecule has 0 saturated heterocycles. The highest BCUT2D eigenvalue weighted by Gasteiger charge is 2.34. The molecule has 0 saturated carbocycles. The van der Waals surface area contributed by atoms with Crippen LogP contribution in [0.25, 0.3) is 0 Å². The number of hydrogen-bond donors (Lipinski definition) is 1. The van der Waals surface area contributed by atoms with Gasteiger partial charge in [-0.3, -0.25) is 4.79 Å². The van der Waals surface area contributed by atoms with Crippen molar-refractivity contribution in [2.75, 3.05) is 27.9 Å². The Labute approximate surface area is 166 Å². The van der Waals surface area contributed by atoms with Crippen molar-refractivity contribution in [3.63, 3.8) is 0 Å². The molecule has 0 aliphatic heterocycles. The number of nitrogens with one attached hydrogen (secondary N) is 1. The fraction of sp³-hybridized carbons (Fsp3) is 0.350. The zero-order valence-corrected chi connectivity index (χ0v) is 16.4. The van der Waals surface area contributed by atoms with Crippen LogP contribution < -0.4 is 24.3 Å². The average molecular weight is 413 g/mol. The highest BCUT2D eigenvalue weighted by molar-refractivity contribution is 5.78. The van der Waals surface area contributed by atoms with E-state index in [1.807, 2.05) is 0 Å². The van der Waals surface area contributed by atoms with Gasteiger partial charge in [0.15, 0.2) is 18.1 Å².